The number of nitrogens with zero attached hydrogens (tertiary/aromatic N) is 1. The number of para-hydroxylation sites is 1. The Hall–Kier alpha value is -2.99. The van der Waals surface area contributed by atoms with Crippen molar-refractivity contribution in [2.75, 3.05) is 12.4 Å². The number of fused-ring (bicyclic) bond motifs is 3. The van der Waals surface area contributed by atoms with Crippen molar-refractivity contribution in [3.05, 3.63) is 53.5 Å². The fourth-order valence-electron chi connectivity index (χ4n) is 6.10. The number of hydrogen-bond acceptors (Lipinski definition) is 4. The standard InChI is InChI=1S/C29H33FN2O2.CH5N/c1-3-29(4-2)16-26-28(21-12-8-9-13-25(21)32(26)27(34)17-29)19-14-23(30)22(18-33)24(15-19)31-20-10-6-5-7-11-20;1-2/h8-9,12-15,18,20,31H,3-7,10-11,16-17H2,1-2H3;2H2,1H3. The Labute approximate surface area is 213 Å². The van der Waals surface area contributed by atoms with Gasteiger partial charge in [-0.1, -0.05) is 51.3 Å². The van der Waals surface area contributed by atoms with E-state index < -0.39 is 5.82 Å². The van der Waals surface area contributed by atoms with Crippen molar-refractivity contribution in [2.24, 2.45) is 11.1 Å². The SMILES string of the molecule is CCC1(CC)CC(=O)n2c(c(-c3cc(F)c(C=O)c(NC4CCCCC4)c3)c3ccccc32)C1.CN. The molecule has 0 spiro atoms. The van der Waals surface area contributed by atoms with Crippen molar-refractivity contribution in [1.82, 2.24) is 4.57 Å². The summed E-state index contributed by atoms with van der Waals surface area (Å²) in [7, 11) is 1.50. The lowest BCUT2D eigenvalue weighted by atomic mass is 9.72. The molecule has 1 aromatic heterocycles. The highest BCUT2D eigenvalue weighted by molar-refractivity contribution is 6.05. The summed E-state index contributed by atoms with van der Waals surface area (Å²) < 4.78 is 17.2. The van der Waals surface area contributed by atoms with Gasteiger partial charge in [-0.15, -0.1) is 0 Å². The van der Waals surface area contributed by atoms with Crippen LogP contribution in [-0.2, 0) is 6.42 Å². The van der Waals surface area contributed by atoms with Crippen molar-refractivity contribution in [2.45, 2.75) is 77.7 Å². The van der Waals surface area contributed by atoms with Gasteiger partial charge in [-0.3, -0.25) is 14.2 Å². The van der Waals surface area contributed by atoms with E-state index in [0.717, 1.165) is 72.7 Å². The summed E-state index contributed by atoms with van der Waals surface area (Å²) in [6.07, 6.45) is 9.32. The summed E-state index contributed by atoms with van der Waals surface area (Å²) in [4.78, 5) is 25.2. The highest BCUT2D eigenvalue weighted by Crippen LogP contribution is 2.46. The van der Waals surface area contributed by atoms with E-state index in [1.54, 1.807) is 0 Å². The number of rotatable bonds is 6. The highest BCUT2D eigenvalue weighted by atomic mass is 19.1. The van der Waals surface area contributed by atoms with Crippen LogP contribution in [0.2, 0.25) is 0 Å². The molecule has 0 radical (unpaired) electrons. The summed E-state index contributed by atoms with van der Waals surface area (Å²) in [6.45, 7) is 4.30. The lowest BCUT2D eigenvalue weighted by Gasteiger charge is -2.36. The third kappa shape index (κ3) is 4.59. The quantitative estimate of drug-likeness (QED) is 0.365. The van der Waals surface area contributed by atoms with Gasteiger partial charge in [0, 0.05) is 34.8 Å². The molecule has 0 amide bonds. The van der Waals surface area contributed by atoms with Gasteiger partial charge in [-0.25, -0.2) is 4.39 Å². The molecule has 36 heavy (non-hydrogen) atoms. The molecule has 0 unspecified atom stereocenters. The molecule has 3 N–H and O–H groups in total. The number of nitrogens with one attached hydrogen (secondary N) is 1. The van der Waals surface area contributed by atoms with Crippen LogP contribution in [0.25, 0.3) is 22.0 Å². The second-order valence-electron chi connectivity index (χ2n) is 10.1. The third-order valence-corrected chi connectivity index (χ3v) is 8.29. The van der Waals surface area contributed by atoms with Crippen LogP contribution in [-0.4, -0.2) is 29.8 Å². The predicted octanol–water partition coefficient (Wildman–Crippen LogP) is 6.97. The zero-order chi connectivity index (χ0) is 25.9. The number of halogens is 1. The number of anilines is 1. The number of carbonyl (C=O) groups excluding carboxylic acids is 2. The first kappa shape index (κ1) is 26.1. The minimum absolute atomic E-state index is 0.0826. The number of nitrogens with two attached hydrogens (primary N) is 1. The fraction of sp³-hybridized carbons (Fsp3) is 0.467. The summed E-state index contributed by atoms with van der Waals surface area (Å²) in [5.74, 6) is -0.410. The molecule has 1 aliphatic heterocycles. The molecule has 2 heterocycles. The molecule has 192 valence electrons. The third-order valence-electron chi connectivity index (χ3n) is 8.29. The number of hydrogen-bond donors (Lipinski definition) is 2. The zero-order valence-corrected chi connectivity index (χ0v) is 21.7. The van der Waals surface area contributed by atoms with Crippen LogP contribution >= 0.6 is 0 Å². The van der Waals surface area contributed by atoms with Gasteiger partial charge >= 0.3 is 0 Å². The number of aldehydes is 1. The van der Waals surface area contributed by atoms with Gasteiger partial charge in [-0.05, 0) is 68.3 Å². The molecule has 3 aromatic rings. The smallest absolute Gasteiger partial charge is 0.231 e. The van der Waals surface area contributed by atoms with E-state index in [0.29, 0.717) is 18.4 Å². The van der Waals surface area contributed by atoms with Gasteiger partial charge in [0.25, 0.3) is 0 Å². The van der Waals surface area contributed by atoms with E-state index in [-0.39, 0.29) is 22.9 Å². The Morgan fingerprint density at radius 2 is 1.78 bits per heavy atom. The monoisotopic (exact) mass is 491 g/mol. The predicted molar refractivity (Wildman–Crippen MR) is 145 cm³/mol. The van der Waals surface area contributed by atoms with Gasteiger partial charge in [0.15, 0.2) is 6.29 Å². The zero-order valence-electron chi connectivity index (χ0n) is 21.7. The molecule has 0 bridgehead atoms. The summed E-state index contributed by atoms with van der Waals surface area (Å²) in [5.41, 5.74) is 8.53. The van der Waals surface area contributed by atoms with Crippen molar-refractivity contribution < 1.29 is 14.0 Å². The maximum atomic E-state index is 15.3. The van der Waals surface area contributed by atoms with Crippen LogP contribution in [0, 0.1) is 11.2 Å². The van der Waals surface area contributed by atoms with Crippen LogP contribution < -0.4 is 11.1 Å². The largest absolute Gasteiger partial charge is 0.382 e. The first-order chi connectivity index (χ1) is 17.5. The summed E-state index contributed by atoms with van der Waals surface area (Å²) in [5, 5.41) is 4.43. The number of benzene rings is 2. The Bertz CT molecular complexity index is 1250. The average molecular weight is 492 g/mol. The first-order valence-electron chi connectivity index (χ1n) is 13.3. The van der Waals surface area contributed by atoms with Gasteiger partial charge in [-0.2, -0.15) is 0 Å². The van der Waals surface area contributed by atoms with E-state index in [2.05, 4.69) is 24.9 Å². The molecular formula is C30H38FN3O2. The fourth-order valence-corrected chi connectivity index (χ4v) is 6.10. The lowest BCUT2D eigenvalue weighted by Crippen LogP contribution is -2.35. The molecule has 2 aromatic carbocycles. The van der Waals surface area contributed by atoms with Gasteiger partial charge in [0.2, 0.25) is 5.91 Å². The van der Waals surface area contributed by atoms with Crippen LogP contribution in [0.15, 0.2) is 36.4 Å². The van der Waals surface area contributed by atoms with Crippen molar-refractivity contribution in [3.8, 4) is 11.1 Å². The van der Waals surface area contributed by atoms with Crippen molar-refractivity contribution in [1.29, 1.82) is 0 Å². The molecule has 0 atom stereocenters. The van der Waals surface area contributed by atoms with E-state index in [1.165, 1.54) is 19.5 Å². The van der Waals surface area contributed by atoms with Crippen LogP contribution in [0.3, 0.4) is 0 Å². The minimum Gasteiger partial charge on any atom is -0.382 e. The van der Waals surface area contributed by atoms with Crippen molar-refractivity contribution >= 4 is 28.8 Å². The first-order valence-corrected chi connectivity index (χ1v) is 13.3. The highest BCUT2D eigenvalue weighted by Gasteiger charge is 2.39. The Kier molecular flexibility index (Phi) is 7.94. The maximum Gasteiger partial charge on any atom is 0.231 e. The molecule has 2 aliphatic rings. The van der Waals surface area contributed by atoms with E-state index in [1.807, 2.05) is 34.9 Å². The van der Waals surface area contributed by atoms with E-state index in [9.17, 15) is 9.59 Å². The number of carbonyl (C=O) groups is 2. The van der Waals surface area contributed by atoms with Crippen LogP contribution in [0.4, 0.5) is 10.1 Å². The maximum absolute atomic E-state index is 15.3. The Balaban J connectivity index is 0.00000148. The van der Waals surface area contributed by atoms with Gasteiger partial charge in [0.1, 0.15) is 5.82 Å². The molecule has 1 saturated carbocycles. The lowest BCUT2D eigenvalue weighted by molar-refractivity contribution is 0.0769. The second-order valence-corrected chi connectivity index (χ2v) is 10.1. The summed E-state index contributed by atoms with van der Waals surface area (Å²) >= 11 is 0. The molecular weight excluding hydrogens is 453 g/mol. The van der Waals surface area contributed by atoms with E-state index >= 15 is 4.39 Å². The normalized spacial score (nSPS) is 17.3. The second kappa shape index (κ2) is 11.0. The van der Waals surface area contributed by atoms with Gasteiger partial charge in [0.05, 0.1) is 11.1 Å². The van der Waals surface area contributed by atoms with Crippen LogP contribution in [0.1, 0.15) is 86.1 Å². The Morgan fingerprint density at radius 3 is 2.44 bits per heavy atom. The topological polar surface area (TPSA) is 77.1 Å². The molecule has 1 aliphatic carbocycles. The minimum atomic E-state index is -0.519. The average Bonchev–Trinajstić information content (AvgIpc) is 3.24. The molecule has 6 heteroatoms. The summed E-state index contributed by atoms with van der Waals surface area (Å²) in [6, 6.07) is 11.5. The van der Waals surface area contributed by atoms with Crippen LogP contribution in [0.5, 0.6) is 0 Å². The molecule has 1 fully saturated rings. The van der Waals surface area contributed by atoms with E-state index in [4.69, 9.17) is 0 Å². The van der Waals surface area contributed by atoms with Gasteiger partial charge < -0.3 is 11.1 Å². The molecule has 5 nitrogen and oxygen atoms in total. The Morgan fingerprint density at radius 1 is 1.08 bits per heavy atom. The van der Waals surface area contributed by atoms with Crippen molar-refractivity contribution in [3.63, 3.8) is 0 Å². The molecule has 0 saturated heterocycles. The number of aromatic nitrogens is 1. The molecule has 5 rings (SSSR count).